The van der Waals surface area contributed by atoms with E-state index in [2.05, 4.69) is 10.4 Å². The van der Waals surface area contributed by atoms with Crippen molar-refractivity contribution in [2.75, 3.05) is 16.8 Å². The molecule has 22 heavy (non-hydrogen) atoms. The number of hydrogen-bond donors (Lipinski definition) is 1. The van der Waals surface area contributed by atoms with Crippen molar-refractivity contribution in [3.8, 4) is 0 Å². The summed E-state index contributed by atoms with van der Waals surface area (Å²) >= 11 is 0. The maximum Gasteiger partial charge on any atom is 0.228 e. The van der Waals surface area contributed by atoms with Crippen LogP contribution < -0.4 is 5.32 Å². The van der Waals surface area contributed by atoms with Gasteiger partial charge in [-0.3, -0.25) is 4.79 Å². The molecule has 2 heterocycles. The second-order valence-corrected chi connectivity index (χ2v) is 9.54. The molecule has 0 unspecified atom stereocenters. The van der Waals surface area contributed by atoms with E-state index in [0.717, 1.165) is 5.69 Å². The average Bonchev–Trinajstić information content (AvgIpc) is 2.91. The third-order valence-corrected chi connectivity index (χ3v) is 5.58. The summed E-state index contributed by atoms with van der Waals surface area (Å²) in [4.78, 5) is 12.0. The number of anilines is 1. The van der Waals surface area contributed by atoms with Crippen LogP contribution in [0.1, 0.15) is 52.8 Å². The number of rotatable bonds is 3. The van der Waals surface area contributed by atoms with Crippen LogP contribution in [-0.2, 0) is 20.0 Å². The third-order valence-electron chi connectivity index (χ3n) is 3.83. The number of sulfone groups is 1. The number of aromatic nitrogens is 2. The van der Waals surface area contributed by atoms with E-state index in [0.29, 0.717) is 12.2 Å². The fourth-order valence-corrected chi connectivity index (χ4v) is 4.06. The van der Waals surface area contributed by atoms with E-state index in [-0.39, 0.29) is 34.8 Å². The van der Waals surface area contributed by atoms with Crippen LogP contribution >= 0.6 is 0 Å². The molecule has 0 aliphatic carbocycles. The summed E-state index contributed by atoms with van der Waals surface area (Å²) in [6, 6.07) is 1.65. The van der Waals surface area contributed by atoms with Crippen LogP contribution in [0.2, 0.25) is 0 Å². The van der Waals surface area contributed by atoms with Gasteiger partial charge in [0.1, 0.15) is 5.82 Å². The predicted molar refractivity (Wildman–Crippen MR) is 86.7 cm³/mol. The summed E-state index contributed by atoms with van der Waals surface area (Å²) in [7, 11) is -3.00. The smallest absolute Gasteiger partial charge is 0.228 e. The molecule has 1 N–H and O–H groups in total. The fraction of sp³-hybridized carbons (Fsp3) is 0.733. The summed E-state index contributed by atoms with van der Waals surface area (Å²) < 4.78 is 25.1. The molecule has 6 nitrogen and oxygen atoms in total. The summed E-state index contributed by atoms with van der Waals surface area (Å²) in [5, 5.41) is 7.45. The zero-order valence-electron chi connectivity index (χ0n) is 13.9. The first-order valence-corrected chi connectivity index (χ1v) is 9.43. The first kappa shape index (κ1) is 17.0. The molecule has 7 heteroatoms. The molecule has 0 bridgehead atoms. The maximum absolute atomic E-state index is 12.0. The van der Waals surface area contributed by atoms with Crippen LogP contribution in [0.3, 0.4) is 0 Å². The van der Waals surface area contributed by atoms with Gasteiger partial charge < -0.3 is 5.32 Å². The van der Waals surface area contributed by atoms with E-state index in [1.54, 1.807) is 4.68 Å². The molecule has 0 spiro atoms. The van der Waals surface area contributed by atoms with Gasteiger partial charge in [-0.1, -0.05) is 34.6 Å². The number of carbonyl (C=O) groups excluding carboxylic acids is 1. The molecule has 1 amide bonds. The molecule has 0 radical (unpaired) electrons. The maximum atomic E-state index is 12.0. The molecule has 1 fully saturated rings. The van der Waals surface area contributed by atoms with Crippen molar-refractivity contribution in [1.82, 2.24) is 9.78 Å². The van der Waals surface area contributed by atoms with Crippen molar-refractivity contribution >= 4 is 21.6 Å². The molecule has 1 aromatic heterocycles. The lowest BCUT2D eigenvalue weighted by atomic mass is 9.92. The van der Waals surface area contributed by atoms with E-state index < -0.39 is 9.84 Å². The second-order valence-electron chi connectivity index (χ2n) is 7.31. The summed E-state index contributed by atoms with van der Waals surface area (Å²) in [5.41, 5.74) is 0.677. The Hall–Kier alpha value is -1.37. The molecule has 1 saturated heterocycles. The zero-order valence-corrected chi connectivity index (χ0v) is 14.7. The van der Waals surface area contributed by atoms with Gasteiger partial charge in [-0.05, 0) is 6.42 Å². The molecule has 0 saturated carbocycles. The Balaban J connectivity index is 2.38. The molecule has 1 atom stereocenters. The van der Waals surface area contributed by atoms with Crippen molar-refractivity contribution in [3.05, 3.63) is 11.8 Å². The SMILES string of the molecule is CC(C)C(=O)Nc1cc(C(C)(C)C)nn1[C@H]1CCS(=O)(=O)C1. The minimum Gasteiger partial charge on any atom is -0.311 e. The first-order valence-electron chi connectivity index (χ1n) is 7.61. The van der Waals surface area contributed by atoms with E-state index in [1.165, 1.54) is 0 Å². The highest BCUT2D eigenvalue weighted by Gasteiger charge is 2.33. The zero-order chi connectivity index (χ0) is 16.7. The lowest BCUT2D eigenvalue weighted by Crippen LogP contribution is -2.22. The van der Waals surface area contributed by atoms with E-state index in [9.17, 15) is 13.2 Å². The van der Waals surface area contributed by atoms with Gasteiger partial charge in [-0.15, -0.1) is 0 Å². The summed E-state index contributed by atoms with van der Waals surface area (Å²) in [6.07, 6.45) is 0.540. The van der Waals surface area contributed by atoms with Crippen molar-refractivity contribution in [3.63, 3.8) is 0 Å². The highest BCUT2D eigenvalue weighted by atomic mass is 32.2. The van der Waals surface area contributed by atoms with Gasteiger partial charge in [-0.25, -0.2) is 13.1 Å². The molecule has 2 rings (SSSR count). The summed E-state index contributed by atoms with van der Waals surface area (Å²) in [6.45, 7) is 9.76. The van der Waals surface area contributed by atoms with Gasteiger partial charge in [0.15, 0.2) is 9.84 Å². The third kappa shape index (κ3) is 3.69. The topological polar surface area (TPSA) is 81.1 Å². The molecule has 0 aromatic carbocycles. The van der Waals surface area contributed by atoms with Gasteiger partial charge in [0.05, 0.1) is 23.2 Å². The minimum absolute atomic E-state index is 0.0861. The lowest BCUT2D eigenvalue weighted by Gasteiger charge is -2.16. The van der Waals surface area contributed by atoms with E-state index >= 15 is 0 Å². The quantitative estimate of drug-likeness (QED) is 0.922. The van der Waals surface area contributed by atoms with Crippen molar-refractivity contribution in [1.29, 1.82) is 0 Å². The van der Waals surface area contributed by atoms with Gasteiger partial charge in [0.25, 0.3) is 0 Å². The van der Waals surface area contributed by atoms with Gasteiger partial charge in [-0.2, -0.15) is 5.10 Å². The molecule has 1 aliphatic rings. The average molecular weight is 327 g/mol. The molecular weight excluding hydrogens is 302 g/mol. The second kappa shape index (κ2) is 5.68. The van der Waals surface area contributed by atoms with Crippen LogP contribution in [0, 0.1) is 5.92 Å². The van der Waals surface area contributed by atoms with Gasteiger partial charge in [0.2, 0.25) is 5.91 Å². The Kier molecular flexibility index (Phi) is 4.39. The van der Waals surface area contributed by atoms with Crippen LogP contribution in [0.5, 0.6) is 0 Å². The standard InChI is InChI=1S/C15H25N3O3S/c1-10(2)14(19)16-13-8-12(15(3,4)5)17-18(13)11-6-7-22(20,21)9-11/h8,10-11H,6-7,9H2,1-5H3,(H,16,19)/t11-/m0/s1. The fourth-order valence-electron chi connectivity index (χ4n) is 2.37. The Morgan fingerprint density at radius 3 is 2.50 bits per heavy atom. The van der Waals surface area contributed by atoms with Gasteiger partial charge >= 0.3 is 0 Å². The number of carbonyl (C=O) groups is 1. The molecular formula is C15H25N3O3S. The molecule has 1 aromatic rings. The van der Waals surface area contributed by atoms with Crippen molar-refractivity contribution in [2.24, 2.45) is 5.92 Å². The Morgan fingerprint density at radius 1 is 1.41 bits per heavy atom. The van der Waals surface area contributed by atoms with Crippen LogP contribution in [0.25, 0.3) is 0 Å². The number of amides is 1. The Morgan fingerprint density at radius 2 is 2.05 bits per heavy atom. The molecule has 124 valence electrons. The van der Waals surface area contributed by atoms with Crippen LogP contribution in [0.15, 0.2) is 6.07 Å². The normalized spacial score (nSPS) is 21.3. The largest absolute Gasteiger partial charge is 0.311 e. The molecule has 1 aliphatic heterocycles. The van der Waals surface area contributed by atoms with Crippen LogP contribution in [-0.4, -0.2) is 35.6 Å². The number of nitrogens with zero attached hydrogens (tertiary/aromatic N) is 2. The van der Waals surface area contributed by atoms with E-state index in [4.69, 9.17) is 0 Å². The van der Waals surface area contributed by atoms with Gasteiger partial charge in [0, 0.05) is 17.4 Å². The van der Waals surface area contributed by atoms with E-state index in [1.807, 2.05) is 40.7 Å². The highest BCUT2D eigenvalue weighted by Crippen LogP contribution is 2.31. The highest BCUT2D eigenvalue weighted by molar-refractivity contribution is 7.91. The minimum atomic E-state index is -3.00. The Bertz CT molecular complexity index is 669. The lowest BCUT2D eigenvalue weighted by molar-refractivity contribution is -0.118. The van der Waals surface area contributed by atoms with Crippen molar-refractivity contribution in [2.45, 2.75) is 52.5 Å². The predicted octanol–water partition coefficient (Wildman–Crippen LogP) is 2.13. The van der Waals surface area contributed by atoms with Crippen LogP contribution in [0.4, 0.5) is 5.82 Å². The Labute approximate surface area is 132 Å². The number of nitrogens with one attached hydrogen (secondary N) is 1. The summed E-state index contributed by atoms with van der Waals surface area (Å²) in [5.74, 6) is 0.616. The first-order chi connectivity index (χ1) is 9.99. The van der Waals surface area contributed by atoms with Crippen molar-refractivity contribution < 1.29 is 13.2 Å². The monoisotopic (exact) mass is 327 g/mol. The number of hydrogen-bond acceptors (Lipinski definition) is 4.